The lowest BCUT2D eigenvalue weighted by molar-refractivity contribution is -0.132. The number of hydrogen-bond acceptors (Lipinski definition) is 2. The standard InChI is InChI=1S/C12H17ClN2O/c1-8(14)12(16)15(3)9(2)10-5-4-6-11(13)7-10/h4-9H,14H2,1-3H3/t8-,9?/m0/s1. The van der Waals surface area contributed by atoms with Gasteiger partial charge in [-0.05, 0) is 31.5 Å². The zero-order chi connectivity index (χ0) is 12.3. The second-order valence-corrected chi connectivity index (χ2v) is 4.41. The zero-order valence-electron chi connectivity index (χ0n) is 9.77. The molecule has 16 heavy (non-hydrogen) atoms. The molecule has 0 aromatic heterocycles. The van der Waals surface area contributed by atoms with Crippen LogP contribution in [-0.4, -0.2) is 23.9 Å². The predicted molar refractivity (Wildman–Crippen MR) is 66.3 cm³/mol. The molecule has 1 aromatic carbocycles. The summed E-state index contributed by atoms with van der Waals surface area (Å²) < 4.78 is 0. The largest absolute Gasteiger partial charge is 0.338 e. The number of carbonyl (C=O) groups is 1. The highest BCUT2D eigenvalue weighted by Crippen LogP contribution is 2.22. The summed E-state index contributed by atoms with van der Waals surface area (Å²) in [6.07, 6.45) is 0. The van der Waals surface area contributed by atoms with E-state index in [2.05, 4.69) is 0 Å². The number of nitrogens with zero attached hydrogens (tertiary/aromatic N) is 1. The molecular weight excluding hydrogens is 224 g/mol. The summed E-state index contributed by atoms with van der Waals surface area (Å²) in [5, 5.41) is 0.672. The Morgan fingerprint density at radius 1 is 1.44 bits per heavy atom. The Bertz CT molecular complexity index is 379. The molecule has 0 bridgehead atoms. The highest BCUT2D eigenvalue weighted by atomic mass is 35.5. The molecule has 88 valence electrons. The molecule has 3 nitrogen and oxygen atoms in total. The Morgan fingerprint density at radius 3 is 2.56 bits per heavy atom. The van der Waals surface area contributed by atoms with E-state index >= 15 is 0 Å². The van der Waals surface area contributed by atoms with Gasteiger partial charge in [-0.15, -0.1) is 0 Å². The summed E-state index contributed by atoms with van der Waals surface area (Å²) in [7, 11) is 1.75. The highest BCUT2D eigenvalue weighted by molar-refractivity contribution is 6.30. The second-order valence-electron chi connectivity index (χ2n) is 3.97. The van der Waals surface area contributed by atoms with Crippen molar-refractivity contribution in [3.05, 3.63) is 34.9 Å². The number of nitrogens with two attached hydrogens (primary N) is 1. The third-order valence-corrected chi connectivity index (χ3v) is 2.88. The van der Waals surface area contributed by atoms with Gasteiger partial charge in [0.15, 0.2) is 0 Å². The van der Waals surface area contributed by atoms with Gasteiger partial charge in [0.05, 0.1) is 12.1 Å². The second kappa shape index (κ2) is 5.32. The normalized spacial score (nSPS) is 14.3. The summed E-state index contributed by atoms with van der Waals surface area (Å²) in [5.74, 6) is -0.0764. The maximum absolute atomic E-state index is 11.7. The molecule has 0 heterocycles. The van der Waals surface area contributed by atoms with Crippen molar-refractivity contribution in [1.29, 1.82) is 0 Å². The summed E-state index contributed by atoms with van der Waals surface area (Å²) in [4.78, 5) is 13.3. The van der Waals surface area contributed by atoms with Crippen LogP contribution in [0.25, 0.3) is 0 Å². The summed E-state index contributed by atoms with van der Waals surface area (Å²) in [6.45, 7) is 3.63. The van der Waals surface area contributed by atoms with Crippen LogP contribution in [0.3, 0.4) is 0 Å². The van der Waals surface area contributed by atoms with Crippen molar-refractivity contribution >= 4 is 17.5 Å². The number of likely N-dealkylation sites (N-methyl/N-ethyl adjacent to an activating group) is 1. The molecule has 0 aliphatic rings. The Kier molecular flexibility index (Phi) is 4.33. The first-order chi connectivity index (χ1) is 7.43. The monoisotopic (exact) mass is 240 g/mol. The first-order valence-corrected chi connectivity index (χ1v) is 5.59. The Hall–Kier alpha value is -1.06. The van der Waals surface area contributed by atoms with Gasteiger partial charge in [0.1, 0.15) is 0 Å². The first-order valence-electron chi connectivity index (χ1n) is 5.21. The van der Waals surface area contributed by atoms with Gasteiger partial charge in [0.25, 0.3) is 0 Å². The molecule has 1 rings (SSSR count). The number of amides is 1. The third kappa shape index (κ3) is 2.97. The van der Waals surface area contributed by atoms with Crippen molar-refractivity contribution in [3.8, 4) is 0 Å². The van der Waals surface area contributed by atoms with Crippen LogP contribution in [0.15, 0.2) is 24.3 Å². The van der Waals surface area contributed by atoms with Gasteiger partial charge < -0.3 is 10.6 Å². The zero-order valence-corrected chi connectivity index (χ0v) is 10.5. The van der Waals surface area contributed by atoms with Gasteiger partial charge in [-0.25, -0.2) is 0 Å². The first kappa shape index (κ1) is 13.0. The van der Waals surface area contributed by atoms with E-state index in [1.165, 1.54) is 0 Å². The molecule has 0 saturated carbocycles. The minimum atomic E-state index is -0.480. The van der Waals surface area contributed by atoms with E-state index in [9.17, 15) is 4.79 Å². The van der Waals surface area contributed by atoms with E-state index < -0.39 is 6.04 Å². The van der Waals surface area contributed by atoms with Crippen LogP contribution in [0.1, 0.15) is 25.5 Å². The Balaban J connectivity index is 2.85. The summed E-state index contributed by atoms with van der Waals surface area (Å²) in [6, 6.07) is 6.98. The molecule has 1 amide bonds. The maximum atomic E-state index is 11.7. The molecule has 0 aliphatic carbocycles. The average Bonchev–Trinajstić information content (AvgIpc) is 2.26. The van der Waals surface area contributed by atoms with Crippen molar-refractivity contribution in [2.75, 3.05) is 7.05 Å². The van der Waals surface area contributed by atoms with Crippen molar-refractivity contribution in [2.24, 2.45) is 5.73 Å². The summed E-state index contributed by atoms with van der Waals surface area (Å²) >= 11 is 5.91. The molecular formula is C12H17ClN2O. The van der Waals surface area contributed by atoms with E-state index in [1.807, 2.05) is 31.2 Å². The van der Waals surface area contributed by atoms with Crippen LogP contribution >= 0.6 is 11.6 Å². The SMILES string of the molecule is CC(c1cccc(Cl)c1)N(C)C(=O)[C@H](C)N. The summed E-state index contributed by atoms with van der Waals surface area (Å²) in [5.41, 5.74) is 6.57. The molecule has 4 heteroatoms. The molecule has 0 spiro atoms. The molecule has 0 fully saturated rings. The maximum Gasteiger partial charge on any atom is 0.239 e. The molecule has 0 radical (unpaired) electrons. The Labute approximate surface area is 101 Å². The van der Waals surface area contributed by atoms with Crippen LogP contribution in [0, 0.1) is 0 Å². The van der Waals surface area contributed by atoms with Crippen LogP contribution in [0.5, 0.6) is 0 Å². The number of halogens is 1. The van der Waals surface area contributed by atoms with E-state index in [0.29, 0.717) is 5.02 Å². The van der Waals surface area contributed by atoms with E-state index in [4.69, 9.17) is 17.3 Å². The molecule has 2 N–H and O–H groups in total. The van der Waals surface area contributed by atoms with Crippen LogP contribution in [-0.2, 0) is 4.79 Å². The van der Waals surface area contributed by atoms with E-state index in [0.717, 1.165) is 5.56 Å². The molecule has 1 aromatic rings. The quantitative estimate of drug-likeness (QED) is 0.881. The number of carbonyl (C=O) groups excluding carboxylic acids is 1. The molecule has 2 atom stereocenters. The van der Waals surface area contributed by atoms with Gasteiger partial charge in [-0.2, -0.15) is 0 Å². The lowest BCUT2D eigenvalue weighted by Crippen LogP contribution is -2.40. The van der Waals surface area contributed by atoms with Crippen molar-refractivity contribution in [2.45, 2.75) is 25.9 Å². The fourth-order valence-electron chi connectivity index (χ4n) is 1.50. The highest BCUT2D eigenvalue weighted by Gasteiger charge is 2.19. The average molecular weight is 241 g/mol. The van der Waals surface area contributed by atoms with Gasteiger partial charge in [-0.3, -0.25) is 4.79 Å². The number of rotatable bonds is 3. The van der Waals surface area contributed by atoms with Gasteiger partial charge in [0, 0.05) is 12.1 Å². The predicted octanol–water partition coefficient (Wildman–Crippen LogP) is 2.21. The lowest BCUT2D eigenvalue weighted by Gasteiger charge is -2.27. The molecule has 0 saturated heterocycles. The minimum absolute atomic E-state index is 0.0304. The molecule has 0 aliphatic heterocycles. The van der Waals surface area contributed by atoms with E-state index in [-0.39, 0.29) is 11.9 Å². The minimum Gasteiger partial charge on any atom is -0.338 e. The molecule has 1 unspecified atom stereocenters. The fraction of sp³-hybridized carbons (Fsp3) is 0.417. The van der Waals surface area contributed by atoms with E-state index in [1.54, 1.807) is 18.9 Å². The lowest BCUT2D eigenvalue weighted by atomic mass is 10.1. The topological polar surface area (TPSA) is 46.3 Å². The fourth-order valence-corrected chi connectivity index (χ4v) is 1.70. The van der Waals surface area contributed by atoms with Gasteiger partial charge in [-0.1, -0.05) is 23.7 Å². The number of benzene rings is 1. The van der Waals surface area contributed by atoms with Crippen molar-refractivity contribution < 1.29 is 4.79 Å². The van der Waals surface area contributed by atoms with Crippen LogP contribution in [0.2, 0.25) is 5.02 Å². The van der Waals surface area contributed by atoms with Crippen LogP contribution < -0.4 is 5.73 Å². The number of hydrogen-bond donors (Lipinski definition) is 1. The smallest absolute Gasteiger partial charge is 0.239 e. The van der Waals surface area contributed by atoms with Gasteiger partial charge >= 0.3 is 0 Å². The third-order valence-electron chi connectivity index (χ3n) is 2.65. The van der Waals surface area contributed by atoms with Gasteiger partial charge in [0.2, 0.25) is 5.91 Å². The van der Waals surface area contributed by atoms with Crippen LogP contribution in [0.4, 0.5) is 0 Å². The Morgan fingerprint density at radius 2 is 2.06 bits per heavy atom. The van der Waals surface area contributed by atoms with Crippen molar-refractivity contribution in [1.82, 2.24) is 4.90 Å². The van der Waals surface area contributed by atoms with Crippen molar-refractivity contribution in [3.63, 3.8) is 0 Å².